The van der Waals surface area contributed by atoms with Gasteiger partial charge in [-0.25, -0.2) is 0 Å². The molecule has 286 valence electrons. The lowest BCUT2D eigenvalue weighted by Crippen LogP contribution is -2.11. The van der Waals surface area contributed by atoms with Crippen LogP contribution in [0.4, 0.5) is 17.1 Å². The summed E-state index contributed by atoms with van der Waals surface area (Å²) in [4.78, 5) is 2.37. The van der Waals surface area contributed by atoms with Crippen LogP contribution in [0.25, 0.3) is 99.2 Å². The van der Waals surface area contributed by atoms with Gasteiger partial charge in [0.1, 0.15) is 22.3 Å². The van der Waals surface area contributed by atoms with Crippen molar-refractivity contribution in [3.05, 3.63) is 224 Å². The van der Waals surface area contributed by atoms with E-state index in [9.17, 15) is 0 Å². The normalized spacial score (nSPS) is 11.6. The Hall–Kier alpha value is -8.14. The first kappa shape index (κ1) is 34.9. The van der Waals surface area contributed by atoms with E-state index in [1.54, 1.807) is 0 Å². The number of anilines is 3. The first-order valence-corrected chi connectivity index (χ1v) is 20.7. The van der Waals surface area contributed by atoms with E-state index in [1.807, 2.05) is 24.3 Å². The lowest BCUT2D eigenvalue weighted by molar-refractivity contribution is 0.669. The number of nitrogens with zero attached hydrogens (tertiary/aromatic N) is 1. The molecular formula is C58H37NO2. The molecule has 0 atom stereocenters. The highest BCUT2D eigenvalue weighted by molar-refractivity contribution is 6.10. The van der Waals surface area contributed by atoms with Crippen molar-refractivity contribution in [3.8, 4) is 44.5 Å². The van der Waals surface area contributed by atoms with Crippen molar-refractivity contribution in [3.63, 3.8) is 0 Å². The van der Waals surface area contributed by atoms with Crippen LogP contribution in [0.3, 0.4) is 0 Å². The molecule has 12 rings (SSSR count). The predicted molar refractivity (Wildman–Crippen MR) is 255 cm³/mol. The number of rotatable bonds is 7. The number of para-hydroxylation sites is 4. The molecule has 61 heavy (non-hydrogen) atoms. The van der Waals surface area contributed by atoms with Gasteiger partial charge in [0.05, 0.1) is 5.69 Å². The van der Waals surface area contributed by atoms with Gasteiger partial charge in [0.25, 0.3) is 0 Å². The van der Waals surface area contributed by atoms with Crippen LogP contribution in [0.15, 0.2) is 233 Å². The van der Waals surface area contributed by atoms with Crippen LogP contribution in [0.2, 0.25) is 0 Å². The van der Waals surface area contributed by atoms with Crippen LogP contribution in [0.1, 0.15) is 0 Å². The van der Waals surface area contributed by atoms with Gasteiger partial charge in [-0.05, 0) is 105 Å². The largest absolute Gasteiger partial charge is 0.456 e. The van der Waals surface area contributed by atoms with Crippen molar-refractivity contribution in [2.75, 3.05) is 4.90 Å². The topological polar surface area (TPSA) is 29.5 Å². The Bertz CT molecular complexity index is 3590. The molecule has 0 unspecified atom stereocenters. The maximum atomic E-state index is 6.46. The molecule has 12 aromatic rings. The number of hydrogen-bond acceptors (Lipinski definition) is 3. The van der Waals surface area contributed by atoms with E-state index >= 15 is 0 Å². The highest BCUT2D eigenvalue weighted by atomic mass is 16.3. The quantitative estimate of drug-likeness (QED) is 0.161. The summed E-state index contributed by atoms with van der Waals surface area (Å²) >= 11 is 0. The average molecular weight is 780 g/mol. The number of benzene rings is 10. The molecule has 0 saturated carbocycles. The van der Waals surface area contributed by atoms with Crippen LogP contribution >= 0.6 is 0 Å². The molecule has 0 N–H and O–H groups in total. The Kier molecular flexibility index (Phi) is 8.17. The summed E-state index contributed by atoms with van der Waals surface area (Å²) in [5.74, 6) is 0. The fourth-order valence-electron chi connectivity index (χ4n) is 9.05. The smallest absolute Gasteiger partial charge is 0.143 e. The minimum Gasteiger partial charge on any atom is -0.456 e. The van der Waals surface area contributed by atoms with Crippen LogP contribution in [0.5, 0.6) is 0 Å². The molecule has 0 spiro atoms. The molecule has 0 aliphatic heterocycles. The molecule has 0 aliphatic carbocycles. The fourth-order valence-corrected chi connectivity index (χ4v) is 9.05. The highest BCUT2D eigenvalue weighted by Gasteiger charge is 2.20. The minimum absolute atomic E-state index is 0.873. The van der Waals surface area contributed by atoms with Crippen molar-refractivity contribution >= 4 is 71.7 Å². The zero-order valence-corrected chi connectivity index (χ0v) is 33.1. The van der Waals surface area contributed by atoms with Crippen molar-refractivity contribution in [1.82, 2.24) is 0 Å². The van der Waals surface area contributed by atoms with Gasteiger partial charge in [-0.15, -0.1) is 0 Å². The molecule has 0 aliphatic rings. The Labute approximate surface area is 353 Å². The summed E-state index contributed by atoms with van der Waals surface area (Å²) in [6, 6.07) is 80.0. The van der Waals surface area contributed by atoms with Gasteiger partial charge in [-0.1, -0.05) is 164 Å². The molecule has 0 fully saturated rings. The second-order valence-corrected chi connectivity index (χ2v) is 15.7. The molecule has 0 saturated heterocycles. The van der Waals surface area contributed by atoms with Gasteiger partial charge < -0.3 is 13.7 Å². The van der Waals surface area contributed by atoms with E-state index in [-0.39, 0.29) is 0 Å². The third-order valence-corrected chi connectivity index (χ3v) is 12.1. The summed E-state index contributed by atoms with van der Waals surface area (Å²) in [5, 5.41) is 6.98. The van der Waals surface area contributed by atoms with Gasteiger partial charge in [0.2, 0.25) is 0 Å². The number of fused-ring (bicyclic) bond motifs is 7. The van der Waals surface area contributed by atoms with Gasteiger partial charge >= 0.3 is 0 Å². The zero-order chi connectivity index (χ0) is 40.3. The first-order valence-electron chi connectivity index (χ1n) is 20.7. The second-order valence-electron chi connectivity index (χ2n) is 15.7. The summed E-state index contributed by atoms with van der Waals surface area (Å²) in [6.07, 6.45) is 0. The standard InChI is InChI=1S/C58H37NO2/c1-2-12-42-35-44(28-27-38(42)11-1)40-25-23-39(24-26-40)43-13-9-14-47(36-43)59(46-32-29-41(30-33-46)49-18-10-19-53-51-17-5-8-22-56(51)61-58(49)53)54-20-6-3-15-48(54)45-31-34-52-50-16-4-7-21-55(50)60-57(52)37-45/h1-37H. The van der Waals surface area contributed by atoms with Crippen LogP contribution in [0, 0.1) is 0 Å². The molecule has 2 heterocycles. The second kappa shape index (κ2) is 14.3. The number of furan rings is 2. The third-order valence-electron chi connectivity index (χ3n) is 12.1. The van der Waals surface area contributed by atoms with Crippen LogP contribution in [-0.4, -0.2) is 0 Å². The van der Waals surface area contributed by atoms with Crippen LogP contribution in [-0.2, 0) is 0 Å². The molecular weight excluding hydrogens is 743 g/mol. The molecule has 0 radical (unpaired) electrons. The maximum absolute atomic E-state index is 6.46. The molecule has 3 heteroatoms. The Balaban J connectivity index is 0.971. The third kappa shape index (κ3) is 6.06. The monoisotopic (exact) mass is 779 g/mol. The van der Waals surface area contributed by atoms with E-state index < -0.39 is 0 Å². The van der Waals surface area contributed by atoms with E-state index in [2.05, 4.69) is 205 Å². The summed E-state index contributed by atoms with van der Waals surface area (Å²) in [5.41, 5.74) is 15.8. The van der Waals surface area contributed by atoms with E-state index in [0.717, 1.165) is 94.3 Å². The zero-order valence-electron chi connectivity index (χ0n) is 33.1. The Morgan fingerprint density at radius 1 is 0.279 bits per heavy atom. The summed E-state index contributed by atoms with van der Waals surface area (Å²) in [7, 11) is 0. The van der Waals surface area contributed by atoms with Crippen LogP contribution < -0.4 is 4.90 Å². The van der Waals surface area contributed by atoms with Crippen molar-refractivity contribution in [2.45, 2.75) is 0 Å². The van der Waals surface area contributed by atoms with Crippen molar-refractivity contribution in [1.29, 1.82) is 0 Å². The fraction of sp³-hybridized carbons (Fsp3) is 0. The Morgan fingerprint density at radius 2 is 0.852 bits per heavy atom. The number of hydrogen-bond donors (Lipinski definition) is 0. The lowest BCUT2D eigenvalue weighted by Gasteiger charge is -2.28. The van der Waals surface area contributed by atoms with E-state index in [4.69, 9.17) is 8.83 Å². The van der Waals surface area contributed by atoms with Gasteiger partial charge in [-0.2, -0.15) is 0 Å². The van der Waals surface area contributed by atoms with E-state index in [0.29, 0.717) is 0 Å². The molecule has 3 nitrogen and oxygen atoms in total. The van der Waals surface area contributed by atoms with Gasteiger partial charge in [-0.3, -0.25) is 0 Å². The van der Waals surface area contributed by atoms with Gasteiger partial charge in [0.15, 0.2) is 0 Å². The average Bonchev–Trinajstić information content (AvgIpc) is 3.90. The van der Waals surface area contributed by atoms with Crippen molar-refractivity contribution < 1.29 is 8.83 Å². The van der Waals surface area contributed by atoms with Crippen molar-refractivity contribution in [2.24, 2.45) is 0 Å². The maximum Gasteiger partial charge on any atom is 0.143 e. The molecule has 0 amide bonds. The minimum atomic E-state index is 0.873. The molecule has 2 aromatic heterocycles. The highest BCUT2D eigenvalue weighted by Crippen LogP contribution is 2.44. The molecule has 0 bridgehead atoms. The first-order chi connectivity index (χ1) is 30.2. The van der Waals surface area contributed by atoms with E-state index in [1.165, 1.54) is 21.9 Å². The Morgan fingerprint density at radius 3 is 1.67 bits per heavy atom. The lowest BCUT2D eigenvalue weighted by atomic mass is 9.97. The predicted octanol–water partition coefficient (Wildman–Crippen LogP) is 16.8. The summed E-state index contributed by atoms with van der Waals surface area (Å²) in [6.45, 7) is 0. The molecule has 10 aromatic carbocycles. The SMILES string of the molecule is c1cc(-c2ccc(-c3ccc4ccccc4c3)cc2)cc(N(c2ccc(-c3cccc4c3oc3ccccc34)cc2)c2ccccc2-c2ccc3c(c2)oc2ccccc23)c1. The summed E-state index contributed by atoms with van der Waals surface area (Å²) < 4.78 is 12.8. The van der Waals surface area contributed by atoms with Gasteiger partial charge in [0, 0.05) is 44.0 Å².